The van der Waals surface area contributed by atoms with Crippen LogP contribution in [0.3, 0.4) is 0 Å². The topological polar surface area (TPSA) is 15.3 Å². The molecule has 1 atom stereocenters. The lowest BCUT2D eigenvalue weighted by Gasteiger charge is -2.41. The highest BCUT2D eigenvalue weighted by Gasteiger charge is 2.31. The molecule has 0 amide bonds. The highest BCUT2D eigenvalue weighted by atomic mass is 15.1. The minimum atomic E-state index is 0.673. The van der Waals surface area contributed by atoms with Gasteiger partial charge in [0.2, 0.25) is 0 Å². The van der Waals surface area contributed by atoms with Crippen molar-refractivity contribution < 1.29 is 0 Å². The number of hydrogen-bond donors (Lipinski definition) is 1. The molecule has 2 nitrogen and oxygen atoms in total. The van der Waals surface area contributed by atoms with Crippen LogP contribution in [0, 0.1) is 11.3 Å². The molecule has 0 aromatic heterocycles. The van der Waals surface area contributed by atoms with E-state index >= 15 is 0 Å². The molecule has 2 rings (SSSR count). The molecule has 1 aliphatic heterocycles. The number of rotatable bonds is 7. The van der Waals surface area contributed by atoms with Crippen molar-refractivity contribution >= 4 is 0 Å². The van der Waals surface area contributed by atoms with E-state index in [1.165, 1.54) is 64.7 Å². The van der Waals surface area contributed by atoms with Crippen molar-refractivity contribution in [2.45, 2.75) is 65.3 Å². The first-order valence-corrected chi connectivity index (χ1v) is 8.13. The van der Waals surface area contributed by atoms with Crippen molar-refractivity contribution in [2.75, 3.05) is 26.2 Å². The summed E-state index contributed by atoms with van der Waals surface area (Å²) in [4.78, 5) is 2.70. The molecule has 1 unspecified atom stereocenters. The van der Waals surface area contributed by atoms with Crippen LogP contribution in [0.2, 0.25) is 0 Å². The molecule has 1 aliphatic carbocycles. The Morgan fingerprint density at radius 2 is 1.78 bits per heavy atom. The average molecular weight is 252 g/mol. The third-order valence-corrected chi connectivity index (χ3v) is 5.32. The van der Waals surface area contributed by atoms with E-state index in [4.69, 9.17) is 0 Å². The molecule has 0 spiro atoms. The minimum Gasteiger partial charge on any atom is -0.314 e. The first kappa shape index (κ1) is 14.3. The first-order valence-electron chi connectivity index (χ1n) is 8.13. The first-order chi connectivity index (χ1) is 8.67. The van der Waals surface area contributed by atoms with Gasteiger partial charge in [0.25, 0.3) is 0 Å². The van der Waals surface area contributed by atoms with Gasteiger partial charge in [-0.15, -0.1) is 0 Å². The van der Waals surface area contributed by atoms with Gasteiger partial charge in [-0.25, -0.2) is 0 Å². The molecule has 0 aromatic rings. The van der Waals surface area contributed by atoms with Crippen LogP contribution < -0.4 is 5.32 Å². The molecule has 0 aromatic carbocycles. The third kappa shape index (κ3) is 3.96. The molecule has 1 N–H and O–H groups in total. The van der Waals surface area contributed by atoms with E-state index in [0.29, 0.717) is 5.41 Å². The smallest absolute Gasteiger partial charge is 0.00683 e. The second-order valence-corrected chi connectivity index (χ2v) is 6.80. The fourth-order valence-corrected chi connectivity index (χ4v) is 3.33. The Balaban J connectivity index is 1.65. The lowest BCUT2D eigenvalue weighted by molar-refractivity contribution is 0.0860. The summed E-state index contributed by atoms with van der Waals surface area (Å²) in [7, 11) is 0. The van der Waals surface area contributed by atoms with Crippen LogP contribution in [0.4, 0.5) is 0 Å². The van der Waals surface area contributed by atoms with Gasteiger partial charge in [0.15, 0.2) is 0 Å². The Morgan fingerprint density at radius 3 is 2.28 bits per heavy atom. The Morgan fingerprint density at radius 1 is 1.17 bits per heavy atom. The fourth-order valence-electron chi connectivity index (χ4n) is 3.33. The molecule has 1 saturated carbocycles. The van der Waals surface area contributed by atoms with E-state index in [1.54, 1.807) is 0 Å². The van der Waals surface area contributed by atoms with Gasteiger partial charge in [-0.1, -0.05) is 33.6 Å². The molecule has 18 heavy (non-hydrogen) atoms. The molecule has 2 fully saturated rings. The minimum absolute atomic E-state index is 0.673. The lowest BCUT2D eigenvalue weighted by atomic mass is 9.74. The average Bonchev–Trinajstić information content (AvgIpc) is 3.22. The maximum Gasteiger partial charge on any atom is 0.00683 e. The molecule has 0 bridgehead atoms. The predicted octanol–water partition coefficient (Wildman–Crippen LogP) is 3.28. The van der Waals surface area contributed by atoms with E-state index in [2.05, 4.69) is 31.0 Å². The third-order valence-electron chi connectivity index (χ3n) is 5.32. The van der Waals surface area contributed by atoms with Crippen LogP contribution in [0.5, 0.6) is 0 Å². The molecular weight excluding hydrogens is 220 g/mol. The molecule has 2 aliphatic rings. The van der Waals surface area contributed by atoms with Crippen molar-refractivity contribution in [1.29, 1.82) is 0 Å². The highest BCUT2D eigenvalue weighted by molar-refractivity contribution is 4.85. The van der Waals surface area contributed by atoms with Crippen LogP contribution >= 0.6 is 0 Å². The van der Waals surface area contributed by atoms with E-state index in [-0.39, 0.29) is 0 Å². The van der Waals surface area contributed by atoms with E-state index in [1.807, 2.05) is 0 Å². The zero-order valence-corrected chi connectivity index (χ0v) is 12.7. The maximum absolute atomic E-state index is 3.66. The predicted molar refractivity (Wildman–Crippen MR) is 78.9 cm³/mol. The Bertz CT molecular complexity index is 233. The summed E-state index contributed by atoms with van der Waals surface area (Å²) >= 11 is 0. The Labute approximate surface area is 114 Å². The molecule has 1 heterocycles. The fraction of sp³-hybridized carbons (Fsp3) is 1.00. The molecule has 0 radical (unpaired) electrons. The van der Waals surface area contributed by atoms with Crippen molar-refractivity contribution in [2.24, 2.45) is 11.3 Å². The molecular formula is C16H32N2. The quantitative estimate of drug-likeness (QED) is 0.748. The summed E-state index contributed by atoms with van der Waals surface area (Å²) in [6.07, 6.45) is 8.40. The van der Waals surface area contributed by atoms with Gasteiger partial charge in [0, 0.05) is 12.6 Å². The van der Waals surface area contributed by atoms with E-state index in [0.717, 1.165) is 12.0 Å². The van der Waals surface area contributed by atoms with Crippen molar-refractivity contribution in [3.63, 3.8) is 0 Å². The van der Waals surface area contributed by atoms with Crippen molar-refractivity contribution in [3.05, 3.63) is 0 Å². The van der Waals surface area contributed by atoms with Gasteiger partial charge in [0.1, 0.15) is 0 Å². The monoisotopic (exact) mass is 252 g/mol. The van der Waals surface area contributed by atoms with Crippen molar-refractivity contribution in [1.82, 2.24) is 10.2 Å². The van der Waals surface area contributed by atoms with Gasteiger partial charge in [-0.05, 0) is 56.7 Å². The summed E-state index contributed by atoms with van der Waals surface area (Å²) in [6.45, 7) is 12.3. The zero-order valence-electron chi connectivity index (χ0n) is 12.7. The Kier molecular flexibility index (Phi) is 5.08. The maximum atomic E-state index is 3.66. The number of nitrogens with zero attached hydrogens (tertiary/aromatic N) is 1. The summed E-state index contributed by atoms with van der Waals surface area (Å²) in [5.74, 6) is 0.807. The highest BCUT2D eigenvalue weighted by Crippen LogP contribution is 2.37. The van der Waals surface area contributed by atoms with Gasteiger partial charge in [0.05, 0.1) is 0 Å². The second-order valence-electron chi connectivity index (χ2n) is 6.80. The normalized spacial score (nSPS) is 26.2. The molecule has 106 valence electrons. The summed E-state index contributed by atoms with van der Waals surface area (Å²) in [5, 5.41) is 3.66. The lowest BCUT2D eigenvalue weighted by Crippen LogP contribution is -2.42. The summed E-state index contributed by atoms with van der Waals surface area (Å²) in [5.41, 5.74) is 0.673. The summed E-state index contributed by atoms with van der Waals surface area (Å²) < 4.78 is 0. The number of hydrogen-bond acceptors (Lipinski definition) is 2. The SMILES string of the molecule is CCC1(CC)CCN(CC(C)CNC2CC2)CC1. The zero-order chi connectivity index (χ0) is 13.0. The Hall–Kier alpha value is -0.0800. The second kappa shape index (κ2) is 6.38. The van der Waals surface area contributed by atoms with Crippen LogP contribution in [0.15, 0.2) is 0 Å². The van der Waals surface area contributed by atoms with Gasteiger partial charge < -0.3 is 10.2 Å². The largest absolute Gasteiger partial charge is 0.314 e. The van der Waals surface area contributed by atoms with Gasteiger partial charge in [-0.2, -0.15) is 0 Å². The van der Waals surface area contributed by atoms with Crippen LogP contribution in [-0.2, 0) is 0 Å². The molecule has 1 saturated heterocycles. The van der Waals surface area contributed by atoms with Gasteiger partial charge >= 0.3 is 0 Å². The van der Waals surface area contributed by atoms with Gasteiger partial charge in [-0.3, -0.25) is 0 Å². The number of likely N-dealkylation sites (tertiary alicyclic amines) is 1. The van der Waals surface area contributed by atoms with Crippen LogP contribution in [-0.4, -0.2) is 37.1 Å². The standard InChI is InChI=1S/C16H32N2/c1-4-16(5-2)8-10-18(11-9-16)13-14(3)12-17-15-6-7-15/h14-15,17H,4-13H2,1-3H3. The molecule has 2 heteroatoms. The van der Waals surface area contributed by atoms with Crippen molar-refractivity contribution in [3.8, 4) is 0 Å². The number of piperidine rings is 1. The van der Waals surface area contributed by atoms with Crippen LogP contribution in [0.25, 0.3) is 0 Å². The van der Waals surface area contributed by atoms with Crippen LogP contribution in [0.1, 0.15) is 59.3 Å². The number of nitrogens with one attached hydrogen (secondary N) is 1. The van der Waals surface area contributed by atoms with E-state index < -0.39 is 0 Å². The van der Waals surface area contributed by atoms with E-state index in [9.17, 15) is 0 Å². The summed E-state index contributed by atoms with van der Waals surface area (Å²) in [6, 6.07) is 0.863.